The Balaban J connectivity index is 1.70. The summed E-state index contributed by atoms with van der Waals surface area (Å²) in [4.78, 5) is 12.4. The van der Waals surface area contributed by atoms with Crippen molar-refractivity contribution in [2.75, 3.05) is 5.32 Å². The van der Waals surface area contributed by atoms with Crippen LogP contribution in [0.15, 0.2) is 53.7 Å². The van der Waals surface area contributed by atoms with Crippen molar-refractivity contribution in [1.29, 1.82) is 5.26 Å². The van der Waals surface area contributed by atoms with E-state index in [-0.39, 0.29) is 11.7 Å². The number of benzene rings is 2. The van der Waals surface area contributed by atoms with Gasteiger partial charge in [-0.15, -0.1) is 10.2 Å². The maximum absolute atomic E-state index is 14.0. The first-order valence-electron chi connectivity index (χ1n) is 8.11. The monoisotopic (exact) mass is 381 g/mol. The van der Waals surface area contributed by atoms with Gasteiger partial charge in [0.15, 0.2) is 11.0 Å². The third kappa shape index (κ3) is 4.15. The van der Waals surface area contributed by atoms with Gasteiger partial charge in [0.05, 0.1) is 22.4 Å². The lowest BCUT2D eigenvalue weighted by Gasteiger charge is -2.12. The van der Waals surface area contributed by atoms with E-state index in [1.807, 2.05) is 6.07 Å². The first kappa shape index (κ1) is 18.6. The molecule has 1 heterocycles. The fourth-order valence-electron chi connectivity index (χ4n) is 2.38. The van der Waals surface area contributed by atoms with Crippen molar-refractivity contribution in [1.82, 2.24) is 14.8 Å². The van der Waals surface area contributed by atoms with Crippen LogP contribution >= 0.6 is 11.8 Å². The number of carbonyl (C=O) groups is 1. The van der Waals surface area contributed by atoms with Crippen LogP contribution in [0.2, 0.25) is 0 Å². The van der Waals surface area contributed by atoms with Gasteiger partial charge in [-0.25, -0.2) is 4.39 Å². The summed E-state index contributed by atoms with van der Waals surface area (Å²) >= 11 is 1.23. The fraction of sp³-hybridized carbons (Fsp3) is 0.158. The van der Waals surface area contributed by atoms with Gasteiger partial charge in [-0.05, 0) is 43.3 Å². The first-order valence-corrected chi connectivity index (χ1v) is 8.99. The maximum atomic E-state index is 14.0. The summed E-state index contributed by atoms with van der Waals surface area (Å²) < 4.78 is 15.6. The van der Waals surface area contributed by atoms with E-state index in [2.05, 4.69) is 15.5 Å². The quantitative estimate of drug-likeness (QED) is 0.683. The van der Waals surface area contributed by atoms with Crippen LogP contribution in [0.4, 0.5) is 10.1 Å². The second kappa shape index (κ2) is 8.01. The highest BCUT2D eigenvalue weighted by molar-refractivity contribution is 8.00. The smallest absolute Gasteiger partial charge is 0.237 e. The molecule has 0 aliphatic heterocycles. The van der Waals surface area contributed by atoms with Gasteiger partial charge >= 0.3 is 0 Å². The Kier molecular flexibility index (Phi) is 5.52. The lowest BCUT2D eigenvalue weighted by Crippen LogP contribution is -2.22. The molecule has 1 atom stereocenters. The van der Waals surface area contributed by atoms with Gasteiger partial charge in [0.1, 0.15) is 5.82 Å². The summed E-state index contributed by atoms with van der Waals surface area (Å²) in [6.07, 6.45) is 0. The predicted octanol–water partition coefficient (Wildman–Crippen LogP) is 3.61. The van der Waals surface area contributed by atoms with Crippen LogP contribution < -0.4 is 5.32 Å². The number of anilines is 1. The molecule has 0 spiro atoms. The van der Waals surface area contributed by atoms with Crippen LogP contribution in [0, 0.1) is 17.1 Å². The number of halogens is 1. The van der Waals surface area contributed by atoms with Gasteiger partial charge in [0, 0.05) is 12.7 Å². The fourth-order valence-corrected chi connectivity index (χ4v) is 3.19. The molecule has 3 rings (SSSR count). The minimum Gasteiger partial charge on any atom is -0.325 e. The lowest BCUT2D eigenvalue weighted by molar-refractivity contribution is -0.115. The Bertz CT molecular complexity index is 1010. The molecule has 0 unspecified atom stereocenters. The van der Waals surface area contributed by atoms with E-state index in [1.165, 1.54) is 17.8 Å². The number of hydrogen-bond donors (Lipinski definition) is 1. The van der Waals surface area contributed by atoms with Crippen molar-refractivity contribution in [2.24, 2.45) is 7.05 Å². The summed E-state index contributed by atoms with van der Waals surface area (Å²) in [7, 11) is 1.73. The van der Waals surface area contributed by atoms with Crippen molar-refractivity contribution in [3.05, 3.63) is 59.9 Å². The number of carbonyl (C=O) groups excluding carboxylic acids is 1. The van der Waals surface area contributed by atoms with Gasteiger partial charge in [-0.2, -0.15) is 5.26 Å². The van der Waals surface area contributed by atoms with Crippen LogP contribution in [0.3, 0.4) is 0 Å². The Hall–Kier alpha value is -3.18. The summed E-state index contributed by atoms with van der Waals surface area (Å²) in [5.74, 6) is -0.188. The number of nitriles is 1. The topological polar surface area (TPSA) is 83.6 Å². The van der Waals surface area contributed by atoms with E-state index < -0.39 is 5.25 Å². The zero-order valence-corrected chi connectivity index (χ0v) is 15.5. The van der Waals surface area contributed by atoms with Crippen molar-refractivity contribution >= 4 is 23.4 Å². The molecule has 0 saturated carbocycles. The molecule has 0 bridgehead atoms. The molecular weight excluding hydrogens is 365 g/mol. The van der Waals surface area contributed by atoms with Crippen LogP contribution in [-0.4, -0.2) is 25.9 Å². The minimum absolute atomic E-state index is 0.208. The number of hydrogen-bond acceptors (Lipinski definition) is 5. The molecule has 0 radical (unpaired) electrons. The van der Waals surface area contributed by atoms with E-state index in [1.54, 1.807) is 61.0 Å². The van der Waals surface area contributed by atoms with Crippen LogP contribution in [-0.2, 0) is 11.8 Å². The average molecular weight is 381 g/mol. The molecule has 1 N–H and O–H groups in total. The highest BCUT2D eigenvalue weighted by atomic mass is 32.2. The Labute approximate surface area is 160 Å². The largest absolute Gasteiger partial charge is 0.325 e. The van der Waals surface area contributed by atoms with Crippen LogP contribution in [0.1, 0.15) is 12.5 Å². The lowest BCUT2D eigenvalue weighted by atomic mass is 10.2. The molecule has 3 aromatic rings. The molecule has 0 saturated heterocycles. The van der Waals surface area contributed by atoms with Gasteiger partial charge in [-0.1, -0.05) is 23.9 Å². The minimum atomic E-state index is -0.447. The molecule has 2 aromatic carbocycles. The number of nitrogens with one attached hydrogen (secondary N) is 1. The van der Waals surface area contributed by atoms with Gasteiger partial charge in [0.2, 0.25) is 5.91 Å². The zero-order valence-electron chi connectivity index (χ0n) is 14.7. The normalized spacial score (nSPS) is 11.6. The molecule has 6 nitrogen and oxygen atoms in total. The number of thioether (sulfide) groups is 1. The Morgan fingerprint density at radius 3 is 2.59 bits per heavy atom. The molecule has 0 fully saturated rings. The van der Waals surface area contributed by atoms with E-state index in [0.717, 1.165) is 0 Å². The van der Waals surface area contributed by atoms with E-state index in [9.17, 15) is 9.18 Å². The summed E-state index contributed by atoms with van der Waals surface area (Å²) in [5.41, 5.74) is 1.49. The SMILES string of the molecule is C[C@@H](Sc1nnc(-c2ccccc2F)n1C)C(=O)Nc1ccc(C#N)cc1. The van der Waals surface area contributed by atoms with E-state index in [0.29, 0.717) is 27.8 Å². The van der Waals surface area contributed by atoms with Crippen molar-refractivity contribution in [3.63, 3.8) is 0 Å². The molecule has 1 amide bonds. The number of nitrogens with zero attached hydrogens (tertiary/aromatic N) is 4. The highest BCUT2D eigenvalue weighted by Gasteiger charge is 2.20. The highest BCUT2D eigenvalue weighted by Crippen LogP contribution is 2.27. The van der Waals surface area contributed by atoms with Gasteiger partial charge < -0.3 is 9.88 Å². The first-order chi connectivity index (χ1) is 13.0. The standard InChI is InChI=1S/C19H16FN5OS/c1-12(18(26)22-14-9-7-13(11-21)8-10-14)27-19-24-23-17(25(19)2)15-5-3-4-6-16(15)20/h3-10,12H,1-2H3,(H,22,26)/t12-/m1/s1. The number of amides is 1. The predicted molar refractivity (Wildman–Crippen MR) is 102 cm³/mol. The maximum Gasteiger partial charge on any atom is 0.237 e. The second-order valence-corrected chi connectivity index (χ2v) is 7.09. The van der Waals surface area contributed by atoms with Gasteiger partial charge in [0.25, 0.3) is 0 Å². The molecule has 1 aromatic heterocycles. The van der Waals surface area contributed by atoms with Crippen molar-refractivity contribution in [3.8, 4) is 17.5 Å². The average Bonchev–Trinajstić information content (AvgIpc) is 3.03. The van der Waals surface area contributed by atoms with E-state index >= 15 is 0 Å². The summed E-state index contributed by atoms with van der Waals surface area (Å²) in [6.45, 7) is 1.75. The molecule has 27 heavy (non-hydrogen) atoms. The second-order valence-electron chi connectivity index (χ2n) is 5.78. The zero-order chi connectivity index (χ0) is 19.4. The number of rotatable bonds is 5. The Morgan fingerprint density at radius 1 is 1.22 bits per heavy atom. The molecular formula is C19H16FN5OS. The molecule has 0 aliphatic rings. The number of aromatic nitrogens is 3. The third-order valence-corrected chi connectivity index (χ3v) is 5.02. The molecule has 136 valence electrons. The van der Waals surface area contributed by atoms with E-state index in [4.69, 9.17) is 5.26 Å². The van der Waals surface area contributed by atoms with Crippen LogP contribution in [0.5, 0.6) is 0 Å². The Morgan fingerprint density at radius 2 is 1.93 bits per heavy atom. The van der Waals surface area contributed by atoms with Crippen molar-refractivity contribution in [2.45, 2.75) is 17.3 Å². The summed E-state index contributed by atoms with van der Waals surface area (Å²) in [6, 6.07) is 15.0. The molecule has 0 aliphatic carbocycles. The van der Waals surface area contributed by atoms with Crippen molar-refractivity contribution < 1.29 is 9.18 Å². The molecule has 8 heteroatoms. The third-order valence-electron chi connectivity index (χ3n) is 3.88. The summed E-state index contributed by atoms with van der Waals surface area (Å²) in [5, 5.41) is 19.8. The van der Waals surface area contributed by atoms with Gasteiger partial charge in [-0.3, -0.25) is 4.79 Å². The van der Waals surface area contributed by atoms with Crippen LogP contribution in [0.25, 0.3) is 11.4 Å².